The number of aromatic nitrogens is 2. The Morgan fingerprint density at radius 1 is 1.06 bits per heavy atom. The summed E-state index contributed by atoms with van der Waals surface area (Å²) in [6.07, 6.45) is 3.22. The number of nitrogens with zero attached hydrogens (tertiary/aromatic N) is 3. The fourth-order valence-electron chi connectivity index (χ4n) is 4.13. The number of fused-ring (bicyclic) bond motifs is 1. The zero-order valence-electron chi connectivity index (χ0n) is 20.2. The maximum absolute atomic E-state index is 13.1. The van der Waals surface area contributed by atoms with Crippen LogP contribution in [0.3, 0.4) is 0 Å². The van der Waals surface area contributed by atoms with E-state index in [1.807, 2.05) is 12.1 Å². The van der Waals surface area contributed by atoms with Crippen molar-refractivity contribution in [3.8, 4) is 0 Å². The van der Waals surface area contributed by atoms with Crippen LogP contribution in [0.4, 0.5) is 0 Å². The maximum atomic E-state index is 13.1. The standard InChI is InChI=1S/C25H31N5O4S/c1-25(2,3)19-8-6-18(7-9-19)24(32)27-12-10-22(31)29-13-15-30(16-14-29)35(33,34)21-17-28-23-20(21)5-4-11-26-23/h4-9,11,17H,10,12-16H2,1-3H3,(H,26,28)(H,27,32). The Hall–Kier alpha value is -3.24. The van der Waals surface area contributed by atoms with Gasteiger partial charge in [0.2, 0.25) is 15.9 Å². The number of nitrogens with one attached hydrogen (secondary N) is 2. The first-order valence-corrected chi connectivity index (χ1v) is 13.1. The normalized spacial score (nSPS) is 15.3. The van der Waals surface area contributed by atoms with Gasteiger partial charge in [-0.05, 0) is 35.2 Å². The molecular weight excluding hydrogens is 466 g/mol. The molecule has 0 aliphatic carbocycles. The lowest BCUT2D eigenvalue weighted by atomic mass is 9.87. The van der Waals surface area contributed by atoms with Crippen molar-refractivity contribution >= 4 is 32.9 Å². The molecule has 186 valence electrons. The van der Waals surface area contributed by atoms with Crippen LogP contribution in [0.5, 0.6) is 0 Å². The SMILES string of the molecule is CC(C)(C)c1ccc(C(=O)NCCC(=O)N2CCN(S(=O)(=O)c3c[nH]c4ncccc34)CC2)cc1. The van der Waals surface area contributed by atoms with Gasteiger partial charge in [-0.15, -0.1) is 0 Å². The van der Waals surface area contributed by atoms with Crippen molar-refractivity contribution in [1.29, 1.82) is 0 Å². The Balaban J connectivity index is 1.27. The highest BCUT2D eigenvalue weighted by atomic mass is 32.2. The van der Waals surface area contributed by atoms with Crippen molar-refractivity contribution in [2.45, 2.75) is 37.5 Å². The smallest absolute Gasteiger partial charge is 0.251 e. The van der Waals surface area contributed by atoms with E-state index in [-0.39, 0.29) is 48.2 Å². The van der Waals surface area contributed by atoms with Crippen molar-refractivity contribution < 1.29 is 18.0 Å². The molecule has 10 heteroatoms. The van der Waals surface area contributed by atoms with E-state index in [2.05, 4.69) is 36.1 Å². The molecule has 1 fully saturated rings. The lowest BCUT2D eigenvalue weighted by molar-refractivity contribution is -0.132. The summed E-state index contributed by atoms with van der Waals surface area (Å²) in [5, 5.41) is 3.34. The molecule has 0 atom stereocenters. The van der Waals surface area contributed by atoms with Crippen LogP contribution >= 0.6 is 0 Å². The zero-order valence-corrected chi connectivity index (χ0v) is 21.1. The summed E-state index contributed by atoms with van der Waals surface area (Å²) in [5.41, 5.74) is 2.23. The molecule has 1 aliphatic rings. The molecule has 2 amide bonds. The van der Waals surface area contributed by atoms with Crippen LogP contribution < -0.4 is 5.32 Å². The highest BCUT2D eigenvalue weighted by Crippen LogP contribution is 2.25. The van der Waals surface area contributed by atoms with Crippen molar-refractivity contribution in [3.63, 3.8) is 0 Å². The molecule has 2 N–H and O–H groups in total. The summed E-state index contributed by atoms with van der Waals surface area (Å²) in [6, 6.07) is 10.9. The molecule has 3 heterocycles. The minimum Gasteiger partial charge on any atom is -0.352 e. The molecule has 0 spiro atoms. The minimum atomic E-state index is -3.70. The third-order valence-electron chi connectivity index (χ3n) is 6.26. The first kappa shape index (κ1) is 24.9. The number of carbonyl (C=O) groups is 2. The van der Waals surface area contributed by atoms with Crippen molar-refractivity contribution in [3.05, 3.63) is 59.9 Å². The molecule has 2 aromatic heterocycles. The Labute approximate surface area is 205 Å². The van der Waals surface area contributed by atoms with Crippen LogP contribution in [-0.2, 0) is 20.2 Å². The van der Waals surface area contributed by atoms with E-state index in [0.717, 1.165) is 5.56 Å². The average Bonchev–Trinajstić information content (AvgIpc) is 3.28. The van der Waals surface area contributed by atoms with Gasteiger partial charge in [-0.2, -0.15) is 4.31 Å². The van der Waals surface area contributed by atoms with Gasteiger partial charge in [0.05, 0.1) is 0 Å². The van der Waals surface area contributed by atoms with Gasteiger partial charge in [0.15, 0.2) is 0 Å². The van der Waals surface area contributed by atoms with Crippen LogP contribution in [0.25, 0.3) is 11.0 Å². The minimum absolute atomic E-state index is 0.0113. The fourth-order valence-corrected chi connectivity index (χ4v) is 5.70. The van der Waals surface area contributed by atoms with Gasteiger partial charge in [-0.3, -0.25) is 9.59 Å². The summed E-state index contributed by atoms with van der Waals surface area (Å²) in [7, 11) is -3.70. The summed E-state index contributed by atoms with van der Waals surface area (Å²) >= 11 is 0. The van der Waals surface area contributed by atoms with E-state index in [4.69, 9.17) is 0 Å². The average molecular weight is 498 g/mol. The third kappa shape index (κ3) is 5.38. The summed E-state index contributed by atoms with van der Waals surface area (Å²) in [4.78, 5) is 33.9. The van der Waals surface area contributed by atoms with Crippen molar-refractivity contribution in [1.82, 2.24) is 24.5 Å². The van der Waals surface area contributed by atoms with Gasteiger partial charge in [0.25, 0.3) is 5.91 Å². The fraction of sp³-hybridized carbons (Fsp3) is 0.400. The lowest BCUT2D eigenvalue weighted by Gasteiger charge is -2.34. The Morgan fingerprint density at radius 3 is 2.40 bits per heavy atom. The lowest BCUT2D eigenvalue weighted by Crippen LogP contribution is -2.50. The van der Waals surface area contributed by atoms with Crippen LogP contribution in [0.1, 0.15) is 43.1 Å². The quantitative estimate of drug-likeness (QED) is 0.543. The molecule has 9 nitrogen and oxygen atoms in total. The van der Waals surface area contributed by atoms with Gasteiger partial charge in [0, 0.05) is 62.5 Å². The third-order valence-corrected chi connectivity index (χ3v) is 8.20. The molecular formula is C25H31N5O4S. The van der Waals surface area contributed by atoms with E-state index in [1.54, 1.807) is 35.4 Å². The Bertz CT molecular complexity index is 1320. The van der Waals surface area contributed by atoms with Gasteiger partial charge in [-0.1, -0.05) is 32.9 Å². The number of pyridine rings is 1. The number of carbonyl (C=O) groups excluding carboxylic acids is 2. The first-order chi connectivity index (χ1) is 16.6. The van der Waals surface area contributed by atoms with Gasteiger partial charge < -0.3 is 15.2 Å². The number of amides is 2. The number of piperazine rings is 1. The second-order valence-electron chi connectivity index (χ2n) is 9.67. The Kier molecular flexibility index (Phi) is 6.95. The first-order valence-electron chi connectivity index (χ1n) is 11.7. The molecule has 0 unspecified atom stereocenters. The summed E-state index contributed by atoms with van der Waals surface area (Å²) in [5.74, 6) is -0.330. The maximum Gasteiger partial charge on any atom is 0.251 e. The van der Waals surface area contributed by atoms with Gasteiger partial charge >= 0.3 is 0 Å². The van der Waals surface area contributed by atoms with Gasteiger partial charge in [-0.25, -0.2) is 13.4 Å². The number of hydrogen-bond acceptors (Lipinski definition) is 5. The topological polar surface area (TPSA) is 115 Å². The largest absolute Gasteiger partial charge is 0.352 e. The molecule has 4 rings (SSSR count). The number of H-pyrrole nitrogens is 1. The Morgan fingerprint density at radius 2 is 1.74 bits per heavy atom. The number of benzene rings is 1. The van der Waals surface area contributed by atoms with Gasteiger partial charge in [0.1, 0.15) is 10.5 Å². The van der Waals surface area contributed by atoms with E-state index in [0.29, 0.717) is 29.7 Å². The predicted molar refractivity (Wildman–Crippen MR) is 134 cm³/mol. The van der Waals surface area contributed by atoms with Crippen LogP contribution in [0.15, 0.2) is 53.7 Å². The molecule has 1 aliphatic heterocycles. The predicted octanol–water partition coefficient (Wildman–Crippen LogP) is 2.51. The number of aromatic amines is 1. The van der Waals surface area contributed by atoms with Crippen molar-refractivity contribution in [2.24, 2.45) is 0 Å². The molecule has 0 radical (unpaired) electrons. The summed E-state index contributed by atoms with van der Waals surface area (Å²) < 4.78 is 27.6. The molecule has 0 bridgehead atoms. The molecule has 0 saturated carbocycles. The summed E-state index contributed by atoms with van der Waals surface area (Å²) in [6.45, 7) is 7.61. The number of sulfonamides is 1. The molecule has 35 heavy (non-hydrogen) atoms. The highest BCUT2D eigenvalue weighted by Gasteiger charge is 2.31. The number of hydrogen-bond donors (Lipinski definition) is 2. The van der Waals surface area contributed by atoms with E-state index in [9.17, 15) is 18.0 Å². The zero-order chi connectivity index (χ0) is 25.2. The number of rotatable bonds is 6. The molecule has 1 aromatic carbocycles. The molecule has 3 aromatic rings. The van der Waals surface area contributed by atoms with Crippen molar-refractivity contribution in [2.75, 3.05) is 32.7 Å². The highest BCUT2D eigenvalue weighted by molar-refractivity contribution is 7.89. The van der Waals surface area contributed by atoms with E-state index >= 15 is 0 Å². The second-order valence-corrected chi connectivity index (χ2v) is 11.6. The monoisotopic (exact) mass is 497 g/mol. The van der Waals surface area contributed by atoms with E-state index < -0.39 is 10.0 Å². The second kappa shape index (κ2) is 9.79. The van der Waals surface area contributed by atoms with E-state index in [1.165, 1.54) is 10.5 Å². The van der Waals surface area contributed by atoms with Crippen LogP contribution in [0.2, 0.25) is 0 Å². The van der Waals surface area contributed by atoms with Crippen LogP contribution in [-0.4, -0.2) is 72.1 Å². The molecule has 1 saturated heterocycles. The van der Waals surface area contributed by atoms with Crippen LogP contribution in [0, 0.1) is 0 Å².